The zero-order chi connectivity index (χ0) is 23.3. The van der Waals surface area contributed by atoms with E-state index in [0.717, 1.165) is 18.4 Å². The lowest BCUT2D eigenvalue weighted by Gasteiger charge is -2.38. The number of likely N-dealkylation sites (tertiary alicyclic amines) is 1. The molecular weight excluding hydrogens is 408 g/mol. The molecule has 2 aromatic rings. The summed E-state index contributed by atoms with van der Waals surface area (Å²) in [6.07, 6.45) is 7.09. The van der Waals surface area contributed by atoms with Crippen LogP contribution in [0.1, 0.15) is 47.3 Å². The Morgan fingerprint density at radius 1 is 1.16 bits per heavy atom. The van der Waals surface area contributed by atoms with Gasteiger partial charge >= 0.3 is 11.8 Å². The number of amides is 3. The van der Waals surface area contributed by atoms with Crippen molar-refractivity contribution in [1.82, 2.24) is 9.88 Å². The van der Waals surface area contributed by atoms with Gasteiger partial charge in [0.25, 0.3) is 0 Å². The molecule has 9 heteroatoms. The number of piperidine rings is 1. The van der Waals surface area contributed by atoms with E-state index in [9.17, 15) is 14.4 Å². The highest BCUT2D eigenvalue weighted by Gasteiger charge is 2.34. The molecule has 9 nitrogen and oxygen atoms in total. The van der Waals surface area contributed by atoms with Crippen LogP contribution in [0, 0.1) is 11.3 Å². The minimum absolute atomic E-state index is 0.134. The van der Waals surface area contributed by atoms with E-state index in [-0.39, 0.29) is 28.9 Å². The van der Waals surface area contributed by atoms with Crippen molar-refractivity contribution in [1.29, 1.82) is 5.41 Å². The molecule has 3 amide bonds. The molecule has 1 aliphatic heterocycles. The third kappa shape index (κ3) is 5.18. The zero-order valence-corrected chi connectivity index (χ0v) is 17.7. The van der Waals surface area contributed by atoms with E-state index in [2.05, 4.69) is 10.3 Å². The highest BCUT2D eigenvalue weighted by Crippen LogP contribution is 2.33. The normalized spacial score (nSPS) is 18.3. The van der Waals surface area contributed by atoms with E-state index in [0.29, 0.717) is 12.1 Å². The van der Waals surface area contributed by atoms with Gasteiger partial charge in [0.2, 0.25) is 5.91 Å². The number of primary amides is 1. The topological polar surface area (TPSA) is 155 Å². The van der Waals surface area contributed by atoms with E-state index in [1.807, 2.05) is 19.1 Å². The number of nitrogens with two attached hydrogens (primary N) is 2. The molecule has 166 valence electrons. The van der Waals surface area contributed by atoms with Crippen LogP contribution in [0.15, 0.2) is 55.0 Å². The maximum atomic E-state index is 13.1. The fourth-order valence-electron chi connectivity index (χ4n) is 3.76. The van der Waals surface area contributed by atoms with Gasteiger partial charge in [-0.1, -0.05) is 31.2 Å². The number of hydrogen-bond donors (Lipinski definition) is 4. The Bertz CT molecular complexity index is 1060. The molecule has 0 aliphatic carbocycles. The van der Waals surface area contributed by atoms with E-state index >= 15 is 0 Å². The molecule has 2 heterocycles. The summed E-state index contributed by atoms with van der Waals surface area (Å²) in [6.45, 7) is 2.49. The van der Waals surface area contributed by atoms with Crippen LogP contribution in [0.5, 0.6) is 0 Å². The zero-order valence-electron chi connectivity index (χ0n) is 17.7. The van der Waals surface area contributed by atoms with Gasteiger partial charge in [-0.3, -0.25) is 19.4 Å². The fourth-order valence-corrected chi connectivity index (χ4v) is 3.76. The third-order valence-electron chi connectivity index (χ3n) is 5.42. The van der Waals surface area contributed by atoms with Crippen molar-refractivity contribution >= 4 is 29.1 Å². The van der Waals surface area contributed by atoms with Crippen molar-refractivity contribution in [2.24, 2.45) is 17.4 Å². The second kappa shape index (κ2) is 9.86. The lowest BCUT2D eigenvalue weighted by atomic mass is 9.89. The van der Waals surface area contributed by atoms with E-state index in [4.69, 9.17) is 16.9 Å². The standard InChI is InChI=1S/C23H26N6O3/c1-14-2-7-20(16-5-3-15(4-6-16)19(25)8-9-24)29(13-14)23(32)22(31)28-18-10-17(21(26)30)11-27-12-18/h3-6,8-12,14,20,25H,2,7,13,24H2,1H3,(H2,26,30)(H,28,31)/b9-8-,25-19?/t14-,20?/m0/s1. The summed E-state index contributed by atoms with van der Waals surface area (Å²) < 4.78 is 0. The Kier molecular flexibility index (Phi) is 6.99. The SMILES string of the molecule is C[C@H]1CCC(c2ccc(C(=N)/C=C\N)cc2)N(C(=O)C(=O)Nc2cncc(C(N)=O)c2)C1. The summed E-state index contributed by atoms with van der Waals surface area (Å²) in [7, 11) is 0. The molecule has 0 radical (unpaired) electrons. The Morgan fingerprint density at radius 3 is 2.53 bits per heavy atom. The first-order chi connectivity index (χ1) is 15.3. The van der Waals surface area contributed by atoms with Crippen molar-refractivity contribution in [2.75, 3.05) is 11.9 Å². The van der Waals surface area contributed by atoms with Gasteiger partial charge in [-0.25, -0.2) is 0 Å². The van der Waals surface area contributed by atoms with Crippen LogP contribution >= 0.6 is 0 Å². The maximum Gasteiger partial charge on any atom is 0.313 e. The number of pyridine rings is 1. The molecule has 1 aliphatic rings. The number of benzene rings is 1. The van der Waals surface area contributed by atoms with Gasteiger partial charge in [0.15, 0.2) is 0 Å². The predicted molar refractivity (Wildman–Crippen MR) is 121 cm³/mol. The molecule has 0 spiro atoms. The summed E-state index contributed by atoms with van der Waals surface area (Å²) in [5.74, 6) is -1.89. The number of carbonyl (C=O) groups is 3. The predicted octanol–water partition coefficient (Wildman–Crippen LogP) is 1.96. The van der Waals surface area contributed by atoms with Gasteiger partial charge in [0.1, 0.15) is 0 Å². The molecule has 6 N–H and O–H groups in total. The van der Waals surface area contributed by atoms with Gasteiger partial charge in [0.05, 0.1) is 29.2 Å². The fraction of sp³-hybridized carbons (Fsp3) is 0.261. The number of carbonyl (C=O) groups excluding carboxylic acids is 3. The van der Waals surface area contributed by atoms with Crippen molar-refractivity contribution in [3.63, 3.8) is 0 Å². The number of rotatable bonds is 5. The summed E-state index contributed by atoms with van der Waals surface area (Å²) in [4.78, 5) is 42.5. The smallest absolute Gasteiger partial charge is 0.313 e. The maximum absolute atomic E-state index is 13.1. The van der Waals surface area contributed by atoms with Crippen molar-refractivity contribution in [2.45, 2.75) is 25.8 Å². The Labute approximate surface area is 186 Å². The molecule has 1 aromatic heterocycles. The van der Waals surface area contributed by atoms with Crippen molar-refractivity contribution < 1.29 is 14.4 Å². The number of anilines is 1. The minimum atomic E-state index is -0.806. The van der Waals surface area contributed by atoms with Crippen LogP contribution < -0.4 is 16.8 Å². The Hall–Kier alpha value is -4.01. The molecule has 3 rings (SSSR count). The number of nitrogens with one attached hydrogen (secondary N) is 2. The quantitative estimate of drug-likeness (QED) is 0.418. The Morgan fingerprint density at radius 2 is 1.88 bits per heavy atom. The largest absolute Gasteiger partial charge is 0.405 e. The number of nitrogens with zero attached hydrogens (tertiary/aromatic N) is 2. The van der Waals surface area contributed by atoms with Crippen LogP contribution in [0.4, 0.5) is 5.69 Å². The number of hydrogen-bond acceptors (Lipinski definition) is 6. The van der Waals surface area contributed by atoms with Gasteiger partial charge < -0.3 is 27.1 Å². The van der Waals surface area contributed by atoms with Gasteiger partial charge in [-0.05, 0) is 48.2 Å². The molecule has 0 bridgehead atoms. The third-order valence-corrected chi connectivity index (χ3v) is 5.42. The summed E-state index contributed by atoms with van der Waals surface area (Å²) in [6, 6.07) is 8.47. The summed E-state index contributed by atoms with van der Waals surface area (Å²) in [5.41, 5.74) is 12.8. The van der Waals surface area contributed by atoms with Crippen LogP contribution in [0.2, 0.25) is 0 Å². The highest BCUT2D eigenvalue weighted by molar-refractivity contribution is 6.39. The van der Waals surface area contributed by atoms with Gasteiger partial charge in [0, 0.05) is 12.7 Å². The Balaban J connectivity index is 1.79. The average Bonchev–Trinajstić information content (AvgIpc) is 2.79. The highest BCUT2D eigenvalue weighted by atomic mass is 16.2. The lowest BCUT2D eigenvalue weighted by molar-refractivity contribution is -0.146. The molecule has 1 saturated heterocycles. The van der Waals surface area contributed by atoms with Crippen LogP contribution in [0.25, 0.3) is 0 Å². The van der Waals surface area contributed by atoms with Gasteiger partial charge in [-0.2, -0.15) is 0 Å². The molecule has 32 heavy (non-hydrogen) atoms. The molecular formula is C23H26N6O3. The van der Waals surface area contributed by atoms with Crippen LogP contribution in [-0.2, 0) is 9.59 Å². The minimum Gasteiger partial charge on any atom is -0.405 e. The van der Waals surface area contributed by atoms with Crippen LogP contribution in [0.3, 0.4) is 0 Å². The summed E-state index contributed by atoms with van der Waals surface area (Å²) in [5, 5.41) is 10.5. The molecule has 1 unspecified atom stereocenters. The number of allylic oxidation sites excluding steroid dienone is 1. The van der Waals surface area contributed by atoms with Crippen molar-refractivity contribution in [3.05, 3.63) is 71.7 Å². The lowest BCUT2D eigenvalue weighted by Crippen LogP contribution is -2.46. The van der Waals surface area contributed by atoms with Crippen molar-refractivity contribution in [3.8, 4) is 0 Å². The van der Waals surface area contributed by atoms with E-state index in [1.54, 1.807) is 17.0 Å². The summed E-state index contributed by atoms with van der Waals surface area (Å²) >= 11 is 0. The molecule has 1 fully saturated rings. The first kappa shape index (κ1) is 22.7. The van der Waals surface area contributed by atoms with E-state index in [1.165, 1.54) is 30.7 Å². The average molecular weight is 435 g/mol. The first-order valence-electron chi connectivity index (χ1n) is 10.2. The van der Waals surface area contributed by atoms with Crippen LogP contribution in [-0.4, -0.2) is 39.9 Å². The van der Waals surface area contributed by atoms with Gasteiger partial charge in [-0.15, -0.1) is 0 Å². The van der Waals surface area contributed by atoms with E-state index < -0.39 is 17.7 Å². The number of aromatic nitrogens is 1. The molecule has 1 aromatic carbocycles. The monoisotopic (exact) mass is 434 g/mol. The second-order valence-electron chi connectivity index (χ2n) is 7.83. The molecule has 0 saturated carbocycles. The molecule has 2 atom stereocenters. The first-order valence-corrected chi connectivity index (χ1v) is 10.2. The second-order valence-corrected chi connectivity index (χ2v) is 7.83.